The summed E-state index contributed by atoms with van der Waals surface area (Å²) in [6, 6.07) is 2.62. The smallest absolute Gasteiger partial charge is 0.0471 e. The third kappa shape index (κ3) is 4.67. The highest BCUT2D eigenvalue weighted by atomic mass is 28.3. The minimum absolute atomic E-state index is 0.371. The SMILES string of the molecule is CC[Si](C)(C)CCCO. The molecule has 0 aliphatic carbocycles. The van der Waals surface area contributed by atoms with E-state index < -0.39 is 8.07 Å². The average molecular weight is 146 g/mol. The van der Waals surface area contributed by atoms with Crippen LogP contribution in [0.15, 0.2) is 0 Å². The van der Waals surface area contributed by atoms with Gasteiger partial charge in [0.1, 0.15) is 0 Å². The first-order chi connectivity index (χ1) is 4.12. The third-order valence-corrected chi connectivity index (χ3v) is 5.59. The second-order valence-corrected chi connectivity index (χ2v) is 8.88. The van der Waals surface area contributed by atoms with Crippen LogP contribution in [-0.4, -0.2) is 19.8 Å². The molecule has 0 atom stereocenters. The van der Waals surface area contributed by atoms with E-state index in [1.165, 1.54) is 12.1 Å². The Hall–Kier alpha value is 0.177. The largest absolute Gasteiger partial charge is 0.396 e. The second-order valence-electron chi connectivity index (χ2n) is 3.34. The Morgan fingerprint density at radius 3 is 2.22 bits per heavy atom. The van der Waals surface area contributed by atoms with E-state index in [-0.39, 0.29) is 0 Å². The van der Waals surface area contributed by atoms with Crippen LogP contribution in [0.2, 0.25) is 25.2 Å². The predicted molar refractivity (Wildman–Crippen MR) is 44.5 cm³/mol. The molecule has 0 bridgehead atoms. The zero-order valence-electron chi connectivity index (χ0n) is 6.78. The molecule has 0 radical (unpaired) electrons. The fraction of sp³-hybridized carbons (Fsp3) is 1.00. The summed E-state index contributed by atoms with van der Waals surface area (Å²) in [5.74, 6) is 0. The fourth-order valence-electron chi connectivity index (χ4n) is 0.734. The highest BCUT2D eigenvalue weighted by Gasteiger charge is 2.15. The van der Waals surface area contributed by atoms with Gasteiger partial charge >= 0.3 is 0 Å². The monoisotopic (exact) mass is 146 g/mol. The topological polar surface area (TPSA) is 20.2 Å². The summed E-state index contributed by atoms with van der Waals surface area (Å²) in [6.45, 7) is 7.38. The summed E-state index contributed by atoms with van der Waals surface area (Å²) in [4.78, 5) is 0. The molecule has 0 spiro atoms. The molecule has 1 nitrogen and oxygen atoms in total. The van der Waals surface area contributed by atoms with Crippen LogP contribution in [0, 0.1) is 0 Å². The first-order valence-corrected chi connectivity index (χ1v) is 7.14. The lowest BCUT2D eigenvalue weighted by molar-refractivity contribution is 0.294. The highest BCUT2D eigenvalue weighted by Crippen LogP contribution is 2.15. The standard InChI is InChI=1S/C7H18OSi/c1-4-9(2,3)7-5-6-8/h8H,4-7H2,1-3H3. The molecule has 0 fully saturated rings. The minimum atomic E-state index is -0.858. The molecule has 0 aromatic carbocycles. The average Bonchev–Trinajstić information content (AvgIpc) is 1.84. The van der Waals surface area contributed by atoms with E-state index in [4.69, 9.17) is 5.11 Å². The zero-order valence-corrected chi connectivity index (χ0v) is 7.78. The lowest BCUT2D eigenvalue weighted by atomic mass is 10.5. The van der Waals surface area contributed by atoms with E-state index in [0.29, 0.717) is 6.61 Å². The maximum Gasteiger partial charge on any atom is 0.0471 e. The number of hydrogen-bond acceptors (Lipinski definition) is 1. The first kappa shape index (κ1) is 9.18. The van der Waals surface area contributed by atoms with Crippen molar-refractivity contribution < 1.29 is 5.11 Å². The summed E-state index contributed by atoms with van der Waals surface area (Å²) in [5.41, 5.74) is 0. The van der Waals surface area contributed by atoms with Crippen LogP contribution in [0.4, 0.5) is 0 Å². The molecule has 0 saturated heterocycles. The summed E-state index contributed by atoms with van der Waals surface area (Å²) >= 11 is 0. The Bertz CT molecular complexity index is 71.3. The van der Waals surface area contributed by atoms with Crippen LogP contribution >= 0.6 is 0 Å². The Kier molecular flexibility index (Phi) is 4.15. The molecule has 0 unspecified atom stereocenters. The zero-order chi connectivity index (χ0) is 7.33. The fourth-order valence-corrected chi connectivity index (χ4v) is 2.20. The van der Waals surface area contributed by atoms with Crippen LogP contribution in [0.5, 0.6) is 0 Å². The lowest BCUT2D eigenvalue weighted by Crippen LogP contribution is -2.23. The van der Waals surface area contributed by atoms with Gasteiger partial charge in [-0.25, -0.2) is 0 Å². The molecule has 9 heavy (non-hydrogen) atoms. The van der Waals surface area contributed by atoms with Gasteiger partial charge in [-0.1, -0.05) is 32.1 Å². The molecule has 2 heteroatoms. The van der Waals surface area contributed by atoms with Gasteiger partial charge in [0.25, 0.3) is 0 Å². The quantitative estimate of drug-likeness (QED) is 0.602. The third-order valence-electron chi connectivity index (χ3n) is 1.97. The van der Waals surface area contributed by atoms with Gasteiger partial charge in [0.15, 0.2) is 0 Å². The Labute approximate surface area is 59.1 Å². The van der Waals surface area contributed by atoms with Crippen LogP contribution in [0.3, 0.4) is 0 Å². The van der Waals surface area contributed by atoms with Gasteiger partial charge in [0.2, 0.25) is 0 Å². The van der Waals surface area contributed by atoms with E-state index in [2.05, 4.69) is 20.0 Å². The van der Waals surface area contributed by atoms with E-state index in [1.54, 1.807) is 0 Å². The molecule has 0 saturated carbocycles. The minimum Gasteiger partial charge on any atom is -0.396 e. The van der Waals surface area contributed by atoms with Crippen molar-refractivity contribution in [3.63, 3.8) is 0 Å². The molecule has 0 aliphatic heterocycles. The van der Waals surface area contributed by atoms with Gasteiger partial charge in [0, 0.05) is 14.7 Å². The van der Waals surface area contributed by atoms with Gasteiger partial charge in [-0.15, -0.1) is 0 Å². The molecule has 0 aromatic rings. The number of rotatable bonds is 4. The summed E-state index contributed by atoms with van der Waals surface area (Å²) in [7, 11) is -0.858. The highest BCUT2D eigenvalue weighted by molar-refractivity contribution is 6.77. The maximum absolute atomic E-state index is 8.55. The summed E-state index contributed by atoms with van der Waals surface area (Å²) < 4.78 is 0. The van der Waals surface area contributed by atoms with Gasteiger partial charge in [0.05, 0.1) is 0 Å². The summed E-state index contributed by atoms with van der Waals surface area (Å²) in [6.07, 6.45) is 1.01. The Morgan fingerprint density at radius 1 is 1.33 bits per heavy atom. The predicted octanol–water partition coefficient (Wildman–Crippen LogP) is 2.10. The van der Waals surface area contributed by atoms with Gasteiger partial charge < -0.3 is 5.11 Å². The van der Waals surface area contributed by atoms with Gasteiger partial charge in [-0.2, -0.15) is 0 Å². The van der Waals surface area contributed by atoms with E-state index >= 15 is 0 Å². The van der Waals surface area contributed by atoms with Crippen LogP contribution in [0.1, 0.15) is 13.3 Å². The molecule has 0 rings (SSSR count). The number of hydrogen-bond donors (Lipinski definition) is 1. The van der Waals surface area contributed by atoms with Crippen molar-refractivity contribution in [1.29, 1.82) is 0 Å². The molecular formula is C7H18OSi. The maximum atomic E-state index is 8.55. The van der Waals surface area contributed by atoms with E-state index in [0.717, 1.165) is 6.42 Å². The molecule has 0 amide bonds. The van der Waals surface area contributed by atoms with Gasteiger partial charge in [-0.3, -0.25) is 0 Å². The van der Waals surface area contributed by atoms with Crippen molar-refractivity contribution in [3.8, 4) is 0 Å². The van der Waals surface area contributed by atoms with Crippen molar-refractivity contribution >= 4 is 8.07 Å². The molecular weight excluding hydrogens is 128 g/mol. The van der Waals surface area contributed by atoms with Crippen LogP contribution < -0.4 is 0 Å². The summed E-state index contributed by atoms with van der Waals surface area (Å²) in [5, 5.41) is 8.55. The Balaban J connectivity index is 3.33. The molecule has 56 valence electrons. The number of aliphatic hydroxyl groups excluding tert-OH is 1. The second kappa shape index (κ2) is 4.07. The Morgan fingerprint density at radius 2 is 1.89 bits per heavy atom. The van der Waals surface area contributed by atoms with Crippen molar-refractivity contribution in [1.82, 2.24) is 0 Å². The molecule has 0 aromatic heterocycles. The van der Waals surface area contributed by atoms with Crippen molar-refractivity contribution in [2.75, 3.05) is 6.61 Å². The van der Waals surface area contributed by atoms with E-state index in [9.17, 15) is 0 Å². The first-order valence-electron chi connectivity index (χ1n) is 3.73. The normalized spacial score (nSPS) is 12.0. The van der Waals surface area contributed by atoms with Crippen molar-refractivity contribution in [2.45, 2.75) is 38.5 Å². The lowest BCUT2D eigenvalue weighted by Gasteiger charge is -2.18. The van der Waals surface area contributed by atoms with Crippen molar-refractivity contribution in [3.05, 3.63) is 0 Å². The van der Waals surface area contributed by atoms with Crippen LogP contribution in [0.25, 0.3) is 0 Å². The van der Waals surface area contributed by atoms with Crippen molar-refractivity contribution in [2.24, 2.45) is 0 Å². The molecule has 1 N–H and O–H groups in total. The van der Waals surface area contributed by atoms with E-state index in [1.807, 2.05) is 0 Å². The molecule has 0 heterocycles. The van der Waals surface area contributed by atoms with Gasteiger partial charge in [-0.05, 0) is 6.42 Å². The molecule has 0 aliphatic rings. The van der Waals surface area contributed by atoms with Crippen LogP contribution in [-0.2, 0) is 0 Å². The number of aliphatic hydroxyl groups is 1.